The van der Waals surface area contributed by atoms with Gasteiger partial charge in [-0.2, -0.15) is 5.10 Å². The van der Waals surface area contributed by atoms with E-state index in [9.17, 15) is 14.0 Å². The zero-order valence-electron chi connectivity index (χ0n) is 17.7. The van der Waals surface area contributed by atoms with Crippen LogP contribution < -0.4 is 20.3 Å². The number of halogens is 1. The van der Waals surface area contributed by atoms with E-state index in [2.05, 4.69) is 17.0 Å². The van der Waals surface area contributed by atoms with Gasteiger partial charge in [0.1, 0.15) is 23.0 Å². The molecule has 0 unspecified atom stereocenters. The van der Waals surface area contributed by atoms with Crippen LogP contribution in [0.1, 0.15) is 11.1 Å². The van der Waals surface area contributed by atoms with Crippen molar-refractivity contribution in [3.8, 4) is 28.5 Å². The minimum Gasteiger partial charge on any atom is -0.494 e. The minimum atomic E-state index is -0.434. The van der Waals surface area contributed by atoms with Crippen LogP contribution in [0.25, 0.3) is 11.3 Å². The molecule has 0 bridgehead atoms. The maximum atomic E-state index is 13.7. The van der Waals surface area contributed by atoms with E-state index in [1.807, 2.05) is 0 Å². The first kappa shape index (κ1) is 21.8. The largest absolute Gasteiger partial charge is 0.494 e. The molecule has 31 heavy (non-hydrogen) atoms. The molecule has 0 aliphatic carbocycles. The summed E-state index contributed by atoms with van der Waals surface area (Å²) < 4.78 is 26.5. The lowest BCUT2D eigenvalue weighted by molar-refractivity contribution is -0.111. The van der Waals surface area contributed by atoms with Gasteiger partial charge >= 0.3 is 0 Å². The molecule has 0 saturated heterocycles. The van der Waals surface area contributed by atoms with Gasteiger partial charge in [-0.1, -0.05) is 12.6 Å². The lowest BCUT2D eigenvalue weighted by Gasteiger charge is -2.19. The molecule has 3 rings (SSSR count). The average molecular weight is 423 g/mol. The van der Waals surface area contributed by atoms with E-state index in [0.717, 1.165) is 10.8 Å². The molecule has 0 spiro atoms. The number of benzene rings is 2. The third-order valence-electron chi connectivity index (χ3n) is 4.62. The van der Waals surface area contributed by atoms with E-state index >= 15 is 0 Å². The summed E-state index contributed by atoms with van der Waals surface area (Å²) >= 11 is 0. The van der Waals surface area contributed by atoms with Gasteiger partial charge in [0.2, 0.25) is 5.91 Å². The summed E-state index contributed by atoms with van der Waals surface area (Å²) in [5, 5.41) is 7.06. The molecule has 2 aromatic carbocycles. The van der Waals surface area contributed by atoms with Crippen LogP contribution in [0.15, 0.2) is 53.8 Å². The highest BCUT2D eigenvalue weighted by Crippen LogP contribution is 2.42. The van der Waals surface area contributed by atoms with Gasteiger partial charge in [-0.05, 0) is 55.3 Å². The Morgan fingerprint density at radius 1 is 1.19 bits per heavy atom. The number of ether oxygens (including phenoxy) is 2. The summed E-state index contributed by atoms with van der Waals surface area (Å²) in [5.41, 5.74) is 1.91. The van der Waals surface area contributed by atoms with Crippen molar-refractivity contribution in [1.29, 1.82) is 0 Å². The van der Waals surface area contributed by atoms with E-state index in [1.165, 1.54) is 32.4 Å². The molecule has 0 aliphatic heterocycles. The minimum absolute atomic E-state index is 0.209. The number of rotatable bonds is 6. The molecule has 160 valence electrons. The number of anilines is 1. The normalized spacial score (nSPS) is 10.5. The van der Waals surface area contributed by atoms with Crippen LogP contribution in [0.3, 0.4) is 0 Å². The molecule has 8 heteroatoms. The highest BCUT2D eigenvalue weighted by atomic mass is 19.1. The maximum Gasteiger partial charge on any atom is 0.270 e. The highest BCUT2D eigenvalue weighted by Gasteiger charge is 2.22. The predicted molar refractivity (Wildman–Crippen MR) is 116 cm³/mol. The molecule has 1 amide bonds. The van der Waals surface area contributed by atoms with Gasteiger partial charge in [-0.15, -0.1) is 0 Å². The van der Waals surface area contributed by atoms with Crippen LogP contribution in [-0.2, 0) is 11.8 Å². The Bertz CT molecular complexity index is 1210. The zero-order chi connectivity index (χ0) is 22.7. The fraction of sp³-hybridized carbons (Fsp3) is 0.174. The van der Waals surface area contributed by atoms with Crippen LogP contribution in [-0.4, -0.2) is 22.8 Å². The molecule has 7 nitrogen and oxygen atoms in total. The first-order valence-corrected chi connectivity index (χ1v) is 9.39. The van der Waals surface area contributed by atoms with Crippen molar-refractivity contribution in [2.45, 2.75) is 13.8 Å². The number of hydrogen-bond acceptors (Lipinski definition) is 5. The Labute approximate surface area is 178 Å². The first-order chi connectivity index (χ1) is 14.7. The first-order valence-electron chi connectivity index (χ1n) is 9.39. The fourth-order valence-electron chi connectivity index (χ4n) is 3.17. The molecule has 0 fully saturated rings. The van der Waals surface area contributed by atoms with Gasteiger partial charge in [0.25, 0.3) is 5.56 Å². The number of aryl methyl sites for hydroxylation is 3. The van der Waals surface area contributed by atoms with E-state index in [-0.39, 0.29) is 22.8 Å². The number of aromatic nitrogens is 2. The number of carbonyl (C=O) groups is 1. The lowest BCUT2D eigenvalue weighted by atomic mass is 10.1. The van der Waals surface area contributed by atoms with E-state index in [1.54, 1.807) is 32.0 Å². The summed E-state index contributed by atoms with van der Waals surface area (Å²) in [7, 11) is 2.92. The van der Waals surface area contributed by atoms with Crippen molar-refractivity contribution in [1.82, 2.24) is 9.78 Å². The van der Waals surface area contributed by atoms with Crippen LogP contribution >= 0.6 is 0 Å². The summed E-state index contributed by atoms with van der Waals surface area (Å²) in [6.07, 6.45) is 1.14. The van der Waals surface area contributed by atoms with Crippen molar-refractivity contribution in [2.75, 3.05) is 12.4 Å². The quantitative estimate of drug-likeness (QED) is 0.603. The summed E-state index contributed by atoms with van der Waals surface area (Å²) in [6, 6.07) is 9.09. The molecule has 0 radical (unpaired) electrons. The third kappa shape index (κ3) is 4.48. The summed E-state index contributed by atoms with van der Waals surface area (Å²) in [4.78, 5) is 24.1. The third-order valence-corrected chi connectivity index (χ3v) is 4.62. The second kappa shape index (κ2) is 8.83. The van der Waals surface area contributed by atoms with Crippen molar-refractivity contribution >= 4 is 11.6 Å². The standard InChI is InChI=1S/C23H22FN3O4/c1-6-19(28)25-16-8-7-9-17(31-23-13(2)10-15(24)11-14(23)3)21(16)22-18(30-5)12-20(29)27(4)26-22/h6-12H,1H2,2-5H3,(H,25,28). The van der Waals surface area contributed by atoms with Gasteiger partial charge < -0.3 is 14.8 Å². The molecule has 3 aromatic rings. The van der Waals surface area contributed by atoms with Crippen LogP contribution in [0, 0.1) is 19.7 Å². The van der Waals surface area contributed by atoms with E-state index in [4.69, 9.17) is 9.47 Å². The van der Waals surface area contributed by atoms with E-state index in [0.29, 0.717) is 33.9 Å². The number of hydrogen-bond donors (Lipinski definition) is 1. The second-order valence-electron chi connectivity index (χ2n) is 6.87. The van der Waals surface area contributed by atoms with Crippen LogP contribution in [0.4, 0.5) is 10.1 Å². The van der Waals surface area contributed by atoms with Crippen molar-refractivity contribution in [3.05, 3.63) is 76.4 Å². The topological polar surface area (TPSA) is 82.5 Å². The highest BCUT2D eigenvalue weighted by molar-refractivity contribution is 6.02. The summed E-state index contributed by atoms with van der Waals surface area (Å²) in [5.74, 6) is 0.218. The Hall–Kier alpha value is -3.94. The van der Waals surface area contributed by atoms with Gasteiger partial charge in [-0.25, -0.2) is 9.07 Å². The molecule has 1 aromatic heterocycles. The maximum absolute atomic E-state index is 13.7. The van der Waals surface area contributed by atoms with Gasteiger partial charge in [0.15, 0.2) is 5.75 Å². The number of nitrogens with one attached hydrogen (secondary N) is 1. The molecule has 0 saturated carbocycles. The number of nitrogens with zero attached hydrogens (tertiary/aromatic N) is 2. The Balaban J connectivity index is 2.28. The molecule has 1 heterocycles. The zero-order valence-corrected chi connectivity index (χ0v) is 17.7. The number of carbonyl (C=O) groups excluding carboxylic acids is 1. The second-order valence-corrected chi connectivity index (χ2v) is 6.87. The number of amides is 1. The fourth-order valence-corrected chi connectivity index (χ4v) is 3.17. The number of methoxy groups -OCH3 is 1. The molecular formula is C23H22FN3O4. The Morgan fingerprint density at radius 2 is 1.87 bits per heavy atom. The van der Waals surface area contributed by atoms with Gasteiger partial charge in [0.05, 0.1) is 18.4 Å². The van der Waals surface area contributed by atoms with Crippen molar-refractivity contribution in [3.63, 3.8) is 0 Å². The monoisotopic (exact) mass is 423 g/mol. The lowest BCUT2D eigenvalue weighted by Crippen LogP contribution is -2.20. The van der Waals surface area contributed by atoms with Crippen LogP contribution in [0.2, 0.25) is 0 Å². The van der Waals surface area contributed by atoms with Gasteiger partial charge in [0, 0.05) is 13.1 Å². The van der Waals surface area contributed by atoms with Crippen molar-refractivity contribution in [2.24, 2.45) is 7.05 Å². The average Bonchev–Trinajstić information content (AvgIpc) is 2.72. The van der Waals surface area contributed by atoms with Crippen LogP contribution in [0.5, 0.6) is 17.2 Å². The molecule has 1 N–H and O–H groups in total. The molecule has 0 atom stereocenters. The van der Waals surface area contributed by atoms with E-state index < -0.39 is 5.91 Å². The molecular weight excluding hydrogens is 401 g/mol. The Kier molecular flexibility index (Phi) is 6.20. The molecule has 0 aliphatic rings. The SMILES string of the molecule is C=CC(=O)Nc1cccc(Oc2c(C)cc(F)cc2C)c1-c1nn(C)c(=O)cc1OC. The van der Waals surface area contributed by atoms with Gasteiger partial charge in [-0.3, -0.25) is 9.59 Å². The predicted octanol–water partition coefficient (Wildman–Crippen LogP) is 4.13. The Morgan fingerprint density at radius 3 is 2.48 bits per heavy atom. The van der Waals surface area contributed by atoms with Crippen molar-refractivity contribution < 1.29 is 18.7 Å². The summed E-state index contributed by atoms with van der Waals surface area (Å²) in [6.45, 7) is 6.95. The smallest absolute Gasteiger partial charge is 0.270 e.